The van der Waals surface area contributed by atoms with E-state index >= 15 is 0 Å². The lowest BCUT2D eigenvalue weighted by Gasteiger charge is -2.17. The standard InChI is InChI=1S/C14H13Cl2FN2/c1-19(8-10-4-2-3-5-12(10)17)9-13-11(15)6-7-14(16)18-13/h2-7H,8-9H2,1H3. The molecule has 0 saturated heterocycles. The molecular formula is C14H13Cl2FN2. The fourth-order valence-corrected chi connectivity index (χ4v) is 2.13. The quantitative estimate of drug-likeness (QED) is 0.788. The van der Waals surface area contributed by atoms with Gasteiger partial charge in [0.2, 0.25) is 0 Å². The van der Waals surface area contributed by atoms with Crippen molar-refractivity contribution in [3.8, 4) is 0 Å². The fourth-order valence-electron chi connectivity index (χ4n) is 1.80. The molecule has 0 bridgehead atoms. The summed E-state index contributed by atoms with van der Waals surface area (Å²) in [7, 11) is 1.88. The highest BCUT2D eigenvalue weighted by molar-refractivity contribution is 6.32. The molecule has 1 aromatic heterocycles. The number of benzene rings is 1. The molecule has 2 rings (SSSR count). The van der Waals surface area contributed by atoms with Crippen LogP contribution in [0.3, 0.4) is 0 Å². The van der Waals surface area contributed by atoms with Crippen molar-refractivity contribution in [1.82, 2.24) is 9.88 Å². The van der Waals surface area contributed by atoms with Gasteiger partial charge >= 0.3 is 0 Å². The van der Waals surface area contributed by atoms with Crippen LogP contribution in [0.2, 0.25) is 10.2 Å². The number of halogens is 3. The van der Waals surface area contributed by atoms with Crippen LogP contribution in [0.1, 0.15) is 11.3 Å². The zero-order valence-electron chi connectivity index (χ0n) is 10.4. The average Bonchev–Trinajstić information content (AvgIpc) is 2.37. The van der Waals surface area contributed by atoms with Gasteiger partial charge in [-0.05, 0) is 25.2 Å². The predicted octanol–water partition coefficient (Wildman–Crippen LogP) is 4.16. The minimum Gasteiger partial charge on any atom is -0.296 e. The zero-order chi connectivity index (χ0) is 13.8. The first-order valence-electron chi connectivity index (χ1n) is 5.79. The van der Waals surface area contributed by atoms with E-state index in [-0.39, 0.29) is 5.82 Å². The Labute approximate surface area is 121 Å². The maximum Gasteiger partial charge on any atom is 0.129 e. The monoisotopic (exact) mass is 298 g/mol. The van der Waals surface area contributed by atoms with Crippen molar-refractivity contribution in [2.75, 3.05) is 7.05 Å². The van der Waals surface area contributed by atoms with E-state index in [9.17, 15) is 4.39 Å². The lowest BCUT2D eigenvalue weighted by molar-refractivity contribution is 0.310. The normalized spacial score (nSPS) is 11.0. The van der Waals surface area contributed by atoms with Gasteiger partial charge in [0.15, 0.2) is 0 Å². The molecule has 2 nitrogen and oxygen atoms in total. The van der Waals surface area contributed by atoms with Crippen molar-refractivity contribution < 1.29 is 4.39 Å². The molecule has 100 valence electrons. The highest BCUT2D eigenvalue weighted by Gasteiger charge is 2.09. The third kappa shape index (κ3) is 3.90. The molecule has 0 aliphatic heterocycles. The minimum atomic E-state index is -0.209. The van der Waals surface area contributed by atoms with Gasteiger partial charge < -0.3 is 0 Å². The molecule has 0 saturated carbocycles. The van der Waals surface area contributed by atoms with Crippen LogP contribution >= 0.6 is 23.2 Å². The molecule has 0 atom stereocenters. The van der Waals surface area contributed by atoms with Crippen molar-refractivity contribution in [1.29, 1.82) is 0 Å². The van der Waals surface area contributed by atoms with Gasteiger partial charge in [0, 0.05) is 18.7 Å². The second-order valence-corrected chi connectivity index (χ2v) is 5.12. The fraction of sp³-hybridized carbons (Fsp3) is 0.214. The van der Waals surface area contributed by atoms with Crippen molar-refractivity contribution in [2.45, 2.75) is 13.1 Å². The summed E-state index contributed by atoms with van der Waals surface area (Å²) in [5, 5.41) is 0.962. The van der Waals surface area contributed by atoms with Crippen LogP contribution in [-0.4, -0.2) is 16.9 Å². The molecule has 0 spiro atoms. The molecule has 0 unspecified atom stereocenters. The van der Waals surface area contributed by atoms with Gasteiger partial charge in [0.1, 0.15) is 11.0 Å². The largest absolute Gasteiger partial charge is 0.296 e. The molecule has 1 heterocycles. The highest BCUT2D eigenvalue weighted by atomic mass is 35.5. The van der Waals surface area contributed by atoms with Gasteiger partial charge in [-0.25, -0.2) is 9.37 Å². The summed E-state index contributed by atoms with van der Waals surface area (Å²) in [5.41, 5.74) is 1.33. The number of pyridine rings is 1. The number of hydrogen-bond donors (Lipinski definition) is 0. The van der Waals surface area contributed by atoms with E-state index in [1.54, 1.807) is 24.3 Å². The maximum absolute atomic E-state index is 13.5. The zero-order valence-corrected chi connectivity index (χ0v) is 11.9. The number of rotatable bonds is 4. The van der Waals surface area contributed by atoms with Crippen LogP contribution in [-0.2, 0) is 13.1 Å². The van der Waals surface area contributed by atoms with E-state index < -0.39 is 0 Å². The summed E-state index contributed by atoms with van der Waals surface area (Å²) < 4.78 is 13.5. The SMILES string of the molecule is CN(Cc1ccccc1F)Cc1nc(Cl)ccc1Cl. The third-order valence-corrected chi connectivity index (χ3v) is 3.26. The summed E-state index contributed by atoms with van der Waals surface area (Å²) in [6.45, 7) is 0.991. The Bertz CT molecular complexity index is 575. The summed E-state index contributed by atoms with van der Waals surface area (Å²) in [4.78, 5) is 6.11. The van der Waals surface area contributed by atoms with Crippen molar-refractivity contribution in [3.05, 3.63) is 63.6 Å². The second kappa shape index (κ2) is 6.33. The van der Waals surface area contributed by atoms with E-state index in [0.29, 0.717) is 34.5 Å². The molecule has 5 heteroatoms. The van der Waals surface area contributed by atoms with Gasteiger partial charge in [-0.3, -0.25) is 4.90 Å². The van der Waals surface area contributed by atoms with Gasteiger partial charge in [-0.2, -0.15) is 0 Å². The lowest BCUT2D eigenvalue weighted by atomic mass is 10.2. The van der Waals surface area contributed by atoms with Crippen LogP contribution in [0, 0.1) is 5.82 Å². The van der Waals surface area contributed by atoms with Gasteiger partial charge in [-0.1, -0.05) is 41.4 Å². The van der Waals surface area contributed by atoms with E-state index in [2.05, 4.69) is 4.98 Å². The highest BCUT2D eigenvalue weighted by Crippen LogP contribution is 2.19. The van der Waals surface area contributed by atoms with Crippen LogP contribution < -0.4 is 0 Å². The van der Waals surface area contributed by atoms with Crippen LogP contribution in [0.15, 0.2) is 36.4 Å². The van der Waals surface area contributed by atoms with Gasteiger partial charge in [0.05, 0.1) is 10.7 Å². The first-order chi connectivity index (χ1) is 9.06. The molecule has 0 fully saturated rings. The second-order valence-electron chi connectivity index (χ2n) is 4.33. The Morgan fingerprint density at radius 2 is 1.84 bits per heavy atom. The van der Waals surface area contributed by atoms with Crippen LogP contribution in [0.5, 0.6) is 0 Å². The average molecular weight is 299 g/mol. The Balaban J connectivity index is 2.07. The summed E-state index contributed by atoms with van der Waals surface area (Å²) in [5.74, 6) is -0.209. The van der Waals surface area contributed by atoms with Crippen molar-refractivity contribution in [3.63, 3.8) is 0 Å². The molecule has 0 aliphatic carbocycles. The van der Waals surface area contributed by atoms with Gasteiger partial charge in [-0.15, -0.1) is 0 Å². The summed E-state index contributed by atoms with van der Waals surface area (Å²) in [6.07, 6.45) is 0. The minimum absolute atomic E-state index is 0.209. The van der Waals surface area contributed by atoms with Gasteiger partial charge in [0.25, 0.3) is 0 Å². The van der Waals surface area contributed by atoms with E-state index in [4.69, 9.17) is 23.2 Å². The van der Waals surface area contributed by atoms with E-state index in [0.717, 1.165) is 0 Å². The molecular weight excluding hydrogens is 286 g/mol. The Kier molecular flexibility index (Phi) is 4.75. The predicted molar refractivity (Wildman–Crippen MR) is 75.8 cm³/mol. The third-order valence-electron chi connectivity index (χ3n) is 2.70. The molecule has 2 aromatic rings. The Morgan fingerprint density at radius 1 is 1.11 bits per heavy atom. The number of aromatic nitrogens is 1. The summed E-state index contributed by atoms with van der Waals surface area (Å²) in [6, 6.07) is 10.1. The summed E-state index contributed by atoms with van der Waals surface area (Å²) >= 11 is 11.9. The molecule has 0 amide bonds. The van der Waals surface area contributed by atoms with Crippen LogP contribution in [0.4, 0.5) is 4.39 Å². The maximum atomic E-state index is 13.5. The van der Waals surface area contributed by atoms with Crippen molar-refractivity contribution >= 4 is 23.2 Å². The Hall–Kier alpha value is -1.16. The Morgan fingerprint density at radius 3 is 2.58 bits per heavy atom. The number of hydrogen-bond acceptors (Lipinski definition) is 2. The number of nitrogens with zero attached hydrogens (tertiary/aromatic N) is 2. The molecule has 0 radical (unpaired) electrons. The topological polar surface area (TPSA) is 16.1 Å². The molecule has 1 aromatic carbocycles. The lowest BCUT2D eigenvalue weighted by Crippen LogP contribution is -2.19. The molecule has 0 N–H and O–H groups in total. The smallest absolute Gasteiger partial charge is 0.129 e. The molecule has 19 heavy (non-hydrogen) atoms. The van der Waals surface area contributed by atoms with E-state index in [1.165, 1.54) is 6.07 Å². The van der Waals surface area contributed by atoms with Crippen molar-refractivity contribution in [2.24, 2.45) is 0 Å². The van der Waals surface area contributed by atoms with E-state index in [1.807, 2.05) is 18.0 Å². The first kappa shape index (κ1) is 14.3. The van der Waals surface area contributed by atoms with Crippen LogP contribution in [0.25, 0.3) is 0 Å². The molecule has 0 aliphatic rings. The first-order valence-corrected chi connectivity index (χ1v) is 6.54.